The third-order valence-corrected chi connectivity index (χ3v) is 1.39. The lowest BCUT2D eigenvalue weighted by molar-refractivity contribution is -0.133. The fourth-order valence-corrected chi connectivity index (χ4v) is 0.648. The van der Waals surface area contributed by atoms with Crippen LogP contribution in [0.15, 0.2) is 48.8 Å². The van der Waals surface area contributed by atoms with E-state index in [9.17, 15) is 4.79 Å². The zero-order chi connectivity index (χ0) is 10.3. The molecule has 2 nitrogen and oxygen atoms in total. The van der Waals surface area contributed by atoms with Gasteiger partial charge in [-0.15, -0.1) is 0 Å². The topological polar surface area (TPSA) is 26.3 Å². The van der Waals surface area contributed by atoms with Gasteiger partial charge in [-0.3, -0.25) is 0 Å². The molecule has 13 heavy (non-hydrogen) atoms. The summed E-state index contributed by atoms with van der Waals surface area (Å²) in [6.45, 7) is 10.6. The Hall–Kier alpha value is -1.57. The summed E-state index contributed by atoms with van der Waals surface area (Å²) in [6, 6.07) is 0. The Kier molecular flexibility index (Phi) is 5.28. The second-order valence-electron chi connectivity index (χ2n) is 2.38. The number of carbonyl (C=O) groups is 1. The van der Waals surface area contributed by atoms with Crippen LogP contribution in [0.25, 0.3) is 0 Å². The number of hydrogen-bond donors (Lipinski definition) is 0. The average molecular weight is 178 g/mol. The molecule has 0 amide bonds. The third kappa shape index (κ3) is 4.11. The SMILES string of the molecule is C=CC(=O)OC(/C=C\C)=C(\C)C=C. The minimum Gasteiger partial charge on any atom is -0.423 e. The quantitative estimate of drug-likeness (QED) is 0.286. The Labute approximate surface area is 78.9 Å². The fraction of sp³-hybridized carbons (Fsp3) is 0.182. The van der Waals surface area contributed by atoms with Crippen LogP contribution in [0.3, 0.4) is 0 Å². The van der Waals surface area contributed by atoms with Gasteiger partial charge in [0.15, 0.2) is 0 Å². The van der Waals surface area contributed by atoms with Crippen molar-refractivity contribution < 1.29 is 9.53 Å². The Morgan fingerprint density at radius 2 is 1.92 bits per heavy atom. The average Bonchev–Trinajstić information content (AvgIpc) is 2.15. The highest BCUT2D eigenvalue weighted by atomic mass is 16.5. The van der Waals surface area contributed by atoms with Crippen LogP contribution in [-0.4, -0.2) is 5.97 Å². The first-order valence-electron chi connectivity index (χ1n) is 3.96. The predicted octanol–water partition coefficient (Wildman–Crippen LogP) is 2.75. The summed E-state index contributed by atoms with van der Waals surface area (Å²) in [7, 11) is 0. The number of ether oxygens (including phenoxy) is 1. The lowest BCUT2D eigenvalue weighted by Gasteiger charge is -2.03. The first-order chi connectivity index (χ1) is 6.15. The normalized spacial score (nSPS) is 12.2. The van der Waals surface area contributed by atoms with E-state index in [1.807, 2.05) is 13.8 Å². The van der Waals surface area contributed by atoms with E-state index in [0.717, 1.165) is 11.6 Å². The first kappa shape index (κ1) is 11.4. The maximum Gasteiger partial charge on any atom is 0.335 e. The monoisotopic (exact) mass is 178 g/mol. The van der Waals surface area contributed by atoms with Gasteiger partial charge in [-0.05, 0) is 25.5 Å². The molecule has 0 aliphatic heterocycles. The van der Waals surface area contributed by atoms with Gasteiger partial charge in [0, 0.05) is 6.08 Å². The van der Waals surface area contributed by atoms with E-state index in [0.29, 0.717) is 5.76 Å². The van der Waals surface area contributed by atoms with E-state index in [-0.39, 0.29) is 0 Å². The molecule has 0 saturated carbocycles. The summed E-state index contributed by atoms with van der Waals surface area (Å²) in [5, 5.41) is 0. The van der Waals surface area contributed by atoms with Crippen LogP contribution in [0.4, 0.5) is 0 Å². The van der Waals surface area contributed by atoms with E-state index in [1.165, 1.54) is 0 Å². The van der Waals surface area contributed by atoms with Crippen LogP contribution >= 0.6 is 0 Å². The van der Waals surface area contributed by atoms with Crippen molar-refractivity contribution in [1.82, 2.24) is 0 Å². The number of esters is 1. The van der Waals surface area contributed by atoms with Gasteiger partial charge >= 0.3 is 5.97 Å². The van der Waals surface area contributed by atoms with Crippen LogP contribution < -0.4 is 0 Å². The van der Waals surface area contributed by atoms with Gasteiger partial charge < -0.3 is 4.74 Å². The smallest absolute Gasteiger partial charge is 0.335 e. The minimum atomic E-state index is -0.464. The van der Waals surface area contributed by atoms with Gasteiger partial charge in [-0.1, -0.05) is 25.3 Å². The lowest BCUT2D eigenvalue weighted by atomic mass is 10.2. The summed E-state index contributed by atoms with van der Waals surface area (Å²) >= 11 is 0. The van der Waals surface area contributed by atoms with Crippen molar-refractivity contribution in [2.24, 2.45) is 0 Å². The fourth-order valence-electron chi connectivity index (χ4n) is 0.648. The second kappa shape index (κ2) is 6.00. The zero-order valence-corrected chi connectivity index (χ0v) is 8.04. The van der Waals surface area contributed by atoms with Crippen molar-refractivity contribution in [1.29, 1.82) is 0 Å². The Morgan fingerprint density at radius 3 is 2.31 bits per heavy atom. The summed E-state index contributed by atoms with van der Waals surface area (Å²) in [4.78, 5) is 10.9. The van der Waals surface area contributed by atoms with E-state index < -0.39 is 5.97 Å². The maximum absolute atomic E-state index is 10.9. The molecule has 0 aliphatic carbocycles. The molecule has 0 radical (unpaired) electrons. The molecule has 0 N–H and O–H groups in total. The van der Waals surface area contributed by atoms with E-state index in [4.69, 9.17) is 4.74 Å². The first-order valence-corrected chi connectivity index (χ1v) is 3.96. The van der Waals surface area contributed by atoms with E-state index in [1.54, 1.807) is 18.2 Å². The molecule has 2 heteroatoms. The molecule has 0 saturated heterocycles. The van der Waals surface area contributed by atoms with E-state index >= 15 is 0 Å². The highest BCUT2D eigenvalue weighted by Crippen LogP contribution is 2.09. The minimum absolute atomic E-state index is 0.464. The molecule has 0 spiro atoms. The second-order valence-corrected chi connectivity index (χ2v) is 2.38. The molecule has 0 bridgehead atoms. The number of hydrogen-bond acceptors (Lipinski definition) is 2. The molecule has 0 atom stereocenters. The van der Waals surface area contributed by atoms with Gasteiger partial charge in [0.05, 0.1) is 0 Å². The van der Waals surface area contributed by atoms with Crippen molar-refractivity contribution in [2.75, 3.05) is 0 Å². The van der Waals surface area contributed by atoms with Crippen LogP contribution in [0.5, 0.6) is 0 Å². The van der Waals surface area contributed by atoms with Crippen molar-refractivity contribution in [3.8, 4) is 0 Å². The third-order valence-electron chi connectivity index (χ3n) is 1.39. The molecule has 0 heterocycles. The van der Waals surface area contributed by atoms with Gasteiger partial charge in [-0.25, -0.2) is 4.79 Å². The van der Waals surface area contributed by atoms with Crippen LogP contribution in [0, 0.1) is 0 Å². The number of rotatable bonds is 4. The van der Waals surface area contributed by atoms with Crippen LogP contribution in [0.1, 0.15) is 13.8 Å². The molecule has 70 valence electrons. The molecule has 0 fully saturated rings. The van der Waals surface area contributed by atoms with Crippen molar-refractivity contribution in [3.05, 3.63) is 48.8 Å². The number of allylic oxidation sites excluding steroid dienone is 4. The van der Waals surface area contributed by atoms with Crippen LogP contribution in [-0.2, 0) is 9.53 Å². The number of carbonyl (C=O) groups excluding carboxylic acids is 1. The van der Waals surface area contributed by atoms with Gasteiger partial charge in [0.1, 0.15) is 5.76 Å². The Morgan fingerprint density at radius 1 is 1.31 bits per heavy atom. The predicted molar refractivity (Wildman–Crippen MR) is 54.0 cm³/mol. The molecule has 0 unspecified atom stereocenters. The molecule has 0 aromatic rings. The van der Waals surface area contributed by atoms with Crippen LogP contribution in [0.2, 0.25) is 0 Å². The summed E-state index contributed by atoms with van der Waals surface area (Å²) in [6.07, 6.45) is 6.25. The zero-order valence-electron chi connectivity index (χ0n) is 8.04. The molecular weight excluding hydrogens is 164 g/mol. The van der Waals surface area contributed by atoms with E-state index in [2.05, 4.69) is 13.2 Å². The summed E-state index contributed by atoms with van der Waals surface area (Å²) < 4.78 is 4.96. The maximum atomic E-state index is 10.9. The van der Waals surface area contributed by atoms with Gasteiger partial charge in [0.2, 0.25) is 0 Å². The highest BCUT2D eigenvalue weighted by Gasteiger charge is 2.01. The standard InChI is InChI=1S/C11H14O2/c1-5-8-10(9(4)6-2)13-11(12)7-3/h5-8H,2-3H2,1,4H3/b8-5-,10-9+. The van der Waals surface area contributed by atoms with Crippen molar-refractivity contribution >= 4 is 5.97 Å². The molecule has 0 aromatic heterocycles. The molecule has 0 aliphatic rings. The summed E-state index contributed by atoms with van der Waals surface area (Å²) in [5.74, 6) is 0.0386. The van der Waals surface area contributed by atoms with Crippen molar-refractivity contribution in [3.63, 3.8) is 0 Å². The van der Waals surface area contributed by atoms with Gasteiger partial charge in [0.25, 0.3) is 0 Å². The Balaban J connectivity index is 4.72. The largest absolute Gasteiger partial charge is 0.423 e. The van der Waals surface area contributed by atoms with Crippen molar-refractivity contribution in [2.45, 2.75) is 13.8 Å². The van der Waals surface area contributed by atoms with Gasteiger partial charge in [-0.2, -0.15) is 0 Å². The molecule has 0 aromatic carbocycles. The summed E-state index contributed by atoms with van der Waals surface area (Å²) in [5.41, 5.74) is 0.813. The molecule has 0 rings (SSSR count). The lowest BCUT2D eigenvalue weighted by Crippen LogP contribution is -1.99. The molecular formula is C11H14O2. The Bertz CT molecular complexity index is 270. The highest BCUT2D eigenvalue weighted by molar-refractivity contribution is 5.82.